The Balaban J connectivity index is 3.42. The zero-order valence-corrected chi connectivity index (χ0v) is 15.2. The zero-order valence-electron chi connectivity index (χ0n) is 15.2. The van der Waals surface area contributed by atoms with Gasteiger partial charge in [0.25, 0.3) is 0 Å². The second-order valence-corrected chi connectivity index (χ2v) is 5.70. The van der Waals surface area contributed by atoms with Crippen molar-refractivity contribution in [2.45, 2.75) is 71.1 Å². The summed E-state index contributed by atoms with van der Waals surface area (Å²) in [5.74, 6) is -0.690. The number of allylic oxidation sites excluding steroid dienone is 10. The minimum Gasteiger partial charge on any atom is -0.481 e. The lowest BCUT2D eigenvalue weighted by Gasteiger charge is -1.94. The van der Waals surface area contributed by atoms with Crippen LogP contribution in [0.3, 0.4) is 0 Å². The molecule has 0 aliphatic rings. The van der Waals surface area contributed by atoms with Gasteiger partial charge in [-0.2, -0.15) is 0 Å². The highest BCUT2D eigenvalue weighted by Gasteiger charge is 1.94. The summed E-state index contributed by atoms with van der Waals surface area (Å²) in [6.07, 6.45) is 31.3. The van der Waals surface area contributed by atoms with E-state index in [1.165, 1.54) is 0 Å². The molecule has 1 N–H and O–H groups in total. The smallest absolute Gasteiger partial charge is 0.303 e. The molecule has 0 aliphatic carbocycles. The van der Waals surface area contributed by atoms with Crippen LogP contribution in [0.1, 0.15) is 71.1 Å². The van der Waals surface area contributed by atoms with E-state index >= 15 is 0 Å². The van der Waals surface area contributed by atoms with Crippen molar-refractivity contribution in [2.75, 3.05) is 0 Å². The van der Waals surface area contributed by atoms with Crippen LogP contribution < -0.4 is 0 Å². The third kappa shape index (κ3) is 20.2. The first-order valence-corrected chi connectivity index (χ1v) is 9.24. The van der Waals surface area contributed by atoms with Crippen molar-refractivity contribution >= 4 is 5.97 Å². The quantitative estimate of drug-likeness (QED) is 0.265. The molecular formula is C22H34O2. The molecule has 0 amide bonds. The number of carbonyl (C=O) groups is 1. The molecule has 0 saturated carbocycles. The SMILES string of the molecule is CC/C=C\C/C=C\C/C=C/C/C=C\C/C=C\CCCCCC(=O)O. The summed E-state index contributed by atoms with van der Waals surface area (Å²) in [5.41, 5.74) is 0. The molecule has 0 unspecified atom stereocenters. The van der Waals surface area contributed by atoms with Crippen LogP contribution >= 0.6 is 0 Å². The van der Waals surface area contributed by atoms with Gasteiger partial charge in [-0.1, -0.05) is 74.1 Å². The van der Waals surface area contributed by atoms with E-state index in [4.69, 9.17) is 5.11 Å². The molecule has 134 valence electrons. The van der Waals surface area contributed by atoms with Crippen molar-refractivity contribution in [3.63, 3.8) is 0 Å². The van der Waals surface area contributed by atoms with E-state index in [0.717, 1.165) is 57.8 Å². The minimum absolute atomic E-state index is 0.297. The van der Waals surface area contributed by atoms with Crippen LogP contribution in [0.25, 0.3) is 0 Å². The maximum atomic E-state index is 10.3. The number of carboxylic acid groups (broad SMARTS) is 1. The topological polar surface area (TPSA) is 37.3 Å². The van der Waals surface area contributed by atoms with Gasteiger partial charge in [0.1, 0.15) is 0 Å². The second kappa shape index (κ2) is 19.2. The molecule has 2 nitrogen and oxygen atoms in total. The molecule has 0 rings (SSSR count). The molecule has 0 aromatic carbocycles. The first-order valence-electron chi connectivity index (χ1n) is 9.24. The molecule has 0 heterocycles. The van der Waals surface area contributed by atoms with Crippen molar-refractivity contribution < 1.29 is 9.90 Å². The Kier molecular flexibility index (Phi) is 17.8. The molecule has 0 fully saturated rings. The van der Waals surface area contributed by atoms with E-state index in [0.29, 0.717) is 6.42 Å². The summed E-state index contributed by atoms with van der Waals surface area (Å²) >= 11 is 0. The van der Waals surface area contributed by atoms with Crippen molar-refractivity contribution in [3.05, 3.63) is 60.8 Å². The van der Waals surface area contributed by atoms with Crippen LogP contribution in [0.2, 0.25) is 0 Å². The molecule has 0 aromatic heterocycles. The van der Waals surface area contributed by atoms with Crippen LogP contribution in [-0.2, 0) is 4.79 Å². The Hall–Kier alpha value is -1.83. The predicted molar refractivity (Wildman–Crippen MR) is 105 cm³/mol. The fraction of sp³-hybridized carbons (Fsp3) is 0.500. The number of rotatable bonds is 15. The first-order chi connectivity index (χ1) is 11.8. The summed E-state index contributed by atoms with van der Waals surface area (Å²) in [7, 11) is 0. The fourth-order valence-electron chi connectivity index (χ4n) is 2.08. The largest absolute Gasteiger partial charge is 0.481 e. The van der Waals surface area contributed by atoms with Gasteiger partial charge in [-0.05, 0) is 51.4 Å². The average Bonchev–Trinajstić information content (AvgIpc) is 2.56. The van der Waals surface area contributed by atoms with Gasteiger partial charge in [0, 0.05) is 6.42 Å². The summed E-state index contributed by atoms with van der Waals surface area (Å²) < 4.78 is 0. The van der Waals surface area contributed by atoms with Gasteiger partial charge in [-0.25, -0.2) is 0 Å². The Morgan fingerprint density at radius 2 is 1.12 bits per heavy atom. The van der Waals surface area contributed by atoms with Crippen LogP contribution in [0.4, 0.5) is 0 Å². The fourth-order valence-corrected chi connectivity index (χ4v) is 2.08. The minimum atomic E-state index is -0.690. The number of hydrogen-bond donors (Lipinski definition) is 1. The van der Waals surface area contributed by atoms with E-state index in [9.17, 15) is 4.79 Å². The predicted octanol–water partition coefficient (Wildman–Crippen LogP) is 6.77. The number of aliphatic carboxylic acids is 1. The highest BCUT2D eigenvalue weighted by Crippen LogP contribution is 2.04. The van der Waals surface area contributed by atoms with Crippen molar-refractivity contribution in [1.29, 1.82) is 0 Å². The van der Waals surface area contributed by atoms with E-state index in [1.807, 2.05) is 0 Å². The van der Waals surface area contributed by atoms with Crippen LogP contribution in [0.5, 0.6) is 0 Å². The molecule has 0 aliphatic heterocycles. The van der Waals surface area contributed by atoms with E-state index in [2.05, 4.69) is 67.7 Å². The second-order valence-electron chi connectivity index (χ2n) is 5.70. The highest BCUT2D eigenvalue weighted by molar-refractivity contribution is 5.66. The van der Waals surface area contributed by atoms with Crippen molar-refractivity contribution in [2.24, 2.45) is 0 Å². The monoisotopic (exact) mass is 330 g/mol. The molecule has 0 saturated heterocycles. The van der Waals surface area contributed by atoms with Crippen molar-refractivity contribution in [1.82, 2.24) is 0 Å². The van der Waals surface area contributed by atoms with Crippen LogP contribution in [-0.4, -0.2) is 11.1 Å². The third-order valence-electron chi connectivity index (χ3n) is 3.42. The maximum absolute atomic E-state index is 10.3. The maximum Gasteiger partial charge on any atom is 0.303 e. The summed E-state index contributed by atoms with van der Waals surface area (Å²) in [6, 6.07) is 0. The van der Waals surface area contributed by atoms with Gasteiger partial charge in [0.15, 0.2) is 0 Å². The molecule has 0 bridgehead atoms. The number of carboxylic acids is 1. The number of unbranched alkanes of at least 4 members (excludes halogenated alkanes) is 3. The van der Waals surface area contributed by atoms with Gasteiger partial charge in [-0.3, -0.25) is 4.79 Å². The lowest BCUT2D eigenvalue weighted by molar-refractivity contribution is -0.137. The third-order valence-corrected chi connectivity index (χ3v) is 3.42. The molecule has 2 heteroatoms. The molecule has 0 spiro atoms. The van der Waals surface area contributed by atoms with Gasteiger partial charge >= 0.3 is 5.97 Å². The Labute approximate surface area is 148 Å². The van der Waals surface area contributed by atoms with Gasteiger partial charge in [-0.15, -0.1) is 0 Å². The Morgan fingerprint density at radius 1 is 0.667 bits per heavy atom. The zero-order chi connectivity index (χ0) is 17.7. The van der Waals surface area contributed by atoms with E-state index < -0.39 is 5.97 Å². The van der Waals surface area contributed by atoms with Gasteiger partial charge in [0.2, 0.25) is 0 Å². The standard InChI is InChI=1S/C22H34O2/c1-2-3-4-5-6-7-8-9-10-11-12-13-14-15-16-17-18-19-20-21-22(23)24/h3-4,6-7,9-10,12-13,15-16H,2,5,8,11,14,17-21H2,1H3,(H,23,24)/b4-3-,7-6-,10-9+,13-12-,16-15-. The summed E-state index contributed by atoms with van der Waals surface area (Å²) in [5, 5.41) is 8.52. The number of hydrogen-bond acceptors (Lipinski definition) is 1. The molecule has 0 atom stereocenters. The average molecular weight is 331 g/mol. The lowest BCUT2D eigenvalue weighted by atomic mass is 10.1. The van der Waals surface area contributed by atoms with Crippen LogP contribution in [0.15, 0.2) is 60.8 Å². The summed E-state index contributed by atoms with van der Waals surface area (Å²) in [6.45, 7) is 2.15. The van der Waals surface area contributed by atoms with Gasteiger partial charge in [0.05, 0.1) is 0 Å². The molecule has 0 radical (unpaired) electrons. The van der Waals surface area contributed by atoms with E-state index in [1.54, 1.807) is 0 Å². The van der Waals surface area contributed by atoms with Gasteiger partial charge < -0.3 is 5.11 Å². The normalized spacial score (nSPS) is 12.7. The Morgan fingerprint density at radius 3 is 1.58 bits per heavy atom. The molecule has 24 heavy (non-hydrogen) atoms. The first kappa shape index (κ1) is 22.2. The molecule has 0 aromatic rings. The molecular weight excluding hydrogens is 296 g/mol. The highest BCUT2D eigenvalue weighted by atomic mass is 16.4. The summed E-state index contributed by atoms with van der Waals surface area (Å²) in [4.78, 5) is 10.3. The lowest BCUT2D eigenvalue weighted by Crippen LogP contribution is -1.93. The van der Waals surface area contributed by atoms with Crippen LogP contribution in [0, 0.1) is 0 Å². The van der Waals surface area contributed by atoms with E-state index in [-0.39, 0.29) is 0 Å². The Bertz CT molecular complexity index is 425. The van der Waals surface area contributed by atoms with Crippen molar-refractivity contribution in [3.8, 4) is 0 Å².